The second-order valence-corrected chi connectivity index (χ2v) is 9.46. The van der Waals surface area contributed by atoms with E-state index in [2.05, 4.69) is 15.0 Å². The van der Waals surface area contributed by atoms with Gasteiger partial charge in [-0.2, -0.15) is 4.31 Å². The maximum absolute atomic E-state index is 13.2. The van der Waals surface area contributed by atoms with Crippen molar-refractivity contribution < 1.29 is 8.42 Å². The number of sulfonamides is 1. The van der Waals surface area contributed by atoms with E-state index in [-0.39, 0.29) is 28.2 Å². The van der Waals surface area contributed by atoms with Crippen LogP contribution in [0.3, 0.4) is 0 Å². The molecule has 0 bridgehead atoms. The fraction of sp³-hybridized carbons (Fsp3) is 0.263. The molecule has 0 aliphatic carbocycles. The standard InChI is InChI=1S/C19H18ClN5O3S/c20-14-5-1-2-6-16(14)29(27,28)24-9-3-4-12(11-24)25-17-13-7-8-21-18(13)22-10-15(17)23-19(25)26/h1-2,5-8,10,12H,3-4,9,11H2,(H,21,22)(H,23,26)/t12-/m1/s1. The Balaban J connectivity index is 1.59. The van der Waals surface area contributed by atoms with Crippen LogP contribution >= 0.6 is 11.6 Å². The molecule has 4 aromatic rings. The summed E-state index contributed by atoms with van der Waals surface area (Å²) in [7, 11) is -3.76. The fourth-order valence-electron chi connectivity index (χ4n) is 4.11. The molecular formula is C19H18ClN5O3S. The van der Waals surface area contributed by atoms with Crippen molar-refractivity contribution in [1.29, 1.82) is 0 Å². The molecule has 0 spiro atoms. The normalized spacial score (nSPS) is 18.6. The summed E-state index contributed by atoms with van der Waals surface area (Å²) in [6, 6.07) is 8.00. The average molecular weight is 432 g/mol. The van der Waals surface area contributed by atoms with Crippen molar-refractivity contribution in [3.05, 3.63) is 58.2 Å². The highest BCUT2D eigenvalue weighted by Gasteiger charge is 2.33. The molecule has 1 fully saturated rings. The van der Waals surface area contributed by atoms with E-state index in [4.69, 9.17) is 11.6 Å². The number of halogens is 1. The van der Waals surface area contributed by atoms with E-state index >= 15 is 0 Å². The number of pyridine rings is 1. The van der Waals surface area contributed by atoms with Gasteiger partial charge in [0.15, 0.2) is 0 Å². The van der Waals surface area contributed by atoms with E-state index in [9.17, 15) is 13.2 Å². The predicted octanol–water partition coefficient (Wildman–Crippen LogP) is 2.89. The van der Waals surface area contributed by atoms with Crippen LogP contribution in [0.2, 0.25) is 5.02 Å². The van der Waals surface area contributed by atoms with Crippen LogP contribution in [0.1, 0.15) is 18.9 Å². The Hall–Kier alpha value is -2.62. The summed E-state index contributed by atoms with van der Waals surface area (Å²) in [5.74, 6) is 0. The van der Waals surface area contributed by atoms with Crippen LogP contribution in [0, 0.1) is 0 Å². The van der Waals surface area contributed by atoms with Gasteiger partial charge in [-0.3, -0.25) is 4.57 Å². The first kappa shape index (κ1) is 18.4. The number of imidazole rings is 1. The van der Waals surface area contributed by atoms with Gasteiger partial charge in [-0.15, -0.1) is 0 Å². The molecule has 10 heteroatoms. The van der Waals surface area contributed by atoms with E-state index in [1.165, 1.54) is 10.4 Å². The number of hydrogen-bond donors (Lipinski definition) is 2. The second-order valence-electron chi connectivity index (χ2n) is 7.15. The van der Waals surface area contributed by atoms with Gasteiger partial charge in [-0.1, -0.05) is 23.7 Å². The van der Waals surface area contributed by atoms with Gasteiger partial charge in [-0.25, -0.2) is 18.2 Å². The highest BCUT2D eigenvalue weighted by atomic mass is 35.5. The highest BCUT2D eigenvalue weighted by molar-refractivity contribution is 7.89. The van der Waals surface area contributed by atoms with Gasteiger partial charge in [-0.05, 0) is 31.0 Å². The summed E-state index contributed by atoms with van der Waals surface area (Å²) in [5.41, 5.74) is 1.79. The number of rotatable bonds is 3. The van der Waals surface area contributed by atoms with Gasteiger partial charge in [0.2, 0.25) is 10.0 Å². The molecule has 1 aromatic carbocycles. The maximum Gasteiger partial charge on any atom is 0.326 e. The molecule has 1 saturated heterocycles. The maximum atomic E-state index is 13.2. The number of piperidine rings is 1. The van der Waals surface area contributed by atoms with Crippen LogP contribution in [0.15, 0.2) is 52.4 Å². The molecule has 0 unspecified atom stereocenters. The van der Waals surface area contributed by atoms with Gasteiger partial charge < -0.3 is 9.97 Å². The quantitative estimate of drug-likeness (QED) is 0.520. The van der Waals surface area contributed by atoms with Crippen molar-refractivity contribution in [3.8, 4) is 0 Å². The molecule has 1 aliphatic rings. The van der Waals surface area contributed by atoms with Crippen LogP contribution in [-0.4, -0.2) is 45.3 Å². The molecule has 29 heavy (non-hydrogen) atoms. The third kappa shape index (κ3) is 2.88. The van der Waals surface area contributed by atoms with Crippen molar-refractivity contribution in [2.75, 3.05) is 13.1 Å². The van der Waals surface area contributed by atoms with Crippen LogP contribution in [0.5, 0.6) is 0 Å². The van der Waals surface area contributed by atoms with E-state index < -0.39 is 10.0 Å². The molecule has 4 heterocycles. The molecular weight excluding hydrogens is 414 g/mol. The summed E-state index contributed by atoms with van der Waals surface area (Å²) in [6.45, 7) is 0.594. The summed E-state index contributed by atoms with van der Waals surface area (Å²) >= 11 is 6.14. The topological polar surface area (TPSA) is 104 Å². The SMILES string of the molecule is O=c1[nH]c2cnc3[nH]ccc3c2n1[C@@H]1CCCN(S(=O)(=O)c2ccccc2Cl)C1. The van der Waals surface area contributed by atoms with Gasteiger partial charge in [0.1, 0.15) is 10.5 Å². The number of benzene rings is 1. The highest BCUT2D eigenvalue weighted by Crippen LogP contribution is 2.31. The van der Waals surface area contributed by atoms with E-state index in [1.807, 2.05) is 6.07 Å². The van der Waals surface area contributed by atoms with Crippen molar-refractivity contribution in [3.63, 3.8) is 0 Å². The van der Waals surface area contributed by atoms with Gasteiger partial charge in [0, 0.05) is 24.7 Å². The van der Waals surface area contributed by atoms with Gasteiger partial charge in [0.05, 0.1) is 28.3 Å². The van der Waals surface area contributed by atoms with Crippen LogP contribution in [0.25, 0.3) is 22.1 Å². The number of nitrogens with zero attached hydrogens (tertiary/aromatic N) is 3. The minimum Gasteiger partial charge on any atom is -0.346 e. The van der Waals surface area contributed by atoms with E-state index in [0.717, 1.165) is 10.9 Å². The van der Waals surface area contributed by atoms with Crippen LogP contribution in [0.4, 0.5) is 0 Å². The zero-order valence-corrected chi connectivity index (χ0v) is 16.9. The third-order valence-corrected chi connectivity index (χ3v) is 7.80. The largest absolute Gasteiger partial charge is 0.346 e. The minimum atomic E-state index is -3.76. The lowest BCUT2D eigenvalue weighted by Gasteiger charge is -2.32. The third-order valence-electron chi connectivity index (χ3n) is 5.44. The zero-order valence-electron chi connectivity index (χ0n) is 15.3. The second kappa shape index (κ2) is 6.72. The summed E-state index contributed by atoms with van der Waals surface area (Å²) in [6.07, 6.45) is 4.74. The Morgan fingerprint density at radius 3 is 2.86 bits per heavy atom. The Morgan fingerprint density at radius 2 is 2.03 bits per heavy atom. The van der Waals surface area contributed by atoms with Crippen LogP contribution < -0.4 is 5.69 Å². The lowest BCUT2D eigenvalue weighted by atomic mass is 10.1. The number of fused-ring (bicyclic) bond motifs is 3. The predicted molar refractivity (Wildman–Crippen MR) is 111 cm³/mol. The molecule has 2 N–H and O–H groups in total. The minimum absolute atomic E-state index is 0.0887. The fourth-order valence-corrected chi connectivity index (χ4v) is 6.12. The first-order valence-electron chi connectivity index (χ1n) is 9.28. The number of aromatic nitrogens is 4. The van der Waals surface area contributed by atoms with Gasteiger partial charge >= 0.3 is 5.69 Å². The number of hydrogen-bond acceptors (Lipinski definition) is 4. The smallest absolute Gasteiger partial charge is 0.326 e. The zero-order chi connectivity index (χ0) is 20.2. The Morgan fingerprint density at radius 1 is 1.21 bits per heavy atom. The van der Waals surface area contributed by atoms with E-state index in [0.29, 0.717) is 30.6 Å². The molecule has 1 atom stereocenters. The molecule has 0 radical (unpaired) electrons. The van der Waals surface area contributed by atoms with Gasteiger partial charge in [0.25, 0.3) is 0 Å². The Kier molecular flexibility index (Phi) is 4.27. The first-order valence-corrected chi connectivity index (χ1v) is 11.1. The average Bonchev–Trinajstić information content (AvgIpc) is 3.31. The van der Waals surface area contributed by atoms with Crippen molar-refractivity contribution in [2.45, 2.75) is 23.8 Å². The molecule has 1 aliphatic heterocycles. The van der Waals surface area contributed by atoms with Crippen molar-refractivity contribution in [1.82, 2.24) is 23.8 Å². The molecule has 3 aromatic heterocycles. The number of H-pyrrole nitrogens is 2. The van der Waals surface area contributed by atoms with Crippen molar-refractivity contribution in [2.24, 2.45) is 0 Å². The van der Waals surface area contributed by atoms with Crippen LogP contribution in [-0.2, 0) is 10.0 Å². The van der Waals surface area contributed by atoms with Crippen molar-refractivity contribution >= 4 is 43.7 Å². The molecule has 0 saturated carbocycles. The number of nitrogens with one attached hydrogen (secondary N) is 2. The van der Waals surface area contributed by atoms with E-state index in [1.54, 1.807) is 35.2 Å². The summed E-state index contributed by atoms with van der Waals surface area (Å²) < 4.78 is 29.4. The lowest BCUT2D eigenvalue weighted by molar-refractivity contribution is 0.267. The monoisotopic (exact) mass is 431 g/mol. The molecule has 8 nitrogen and oxygen atoms in total. The Bertz CT molecular complexity index is 1390. The summed E-state index contributed by atoms with van der Waals surface area (Å²) in [4.78, 5) is 23.1. The summed E-state index contributed by atoms with van der Waals surface area (Å²) in [5, 5.41) is 1.02. The first-order chi connectivity index (χ1) is 14.0. The molecule has 0 amide bonds. The molecule has 5 rings (SSSR count). The molecule has 150 valence electrons. The number of aromatic amines is 2. The lowest BCUT2D eigenvalue weighted by Crippen LogP contribution is -2.42. The Labute approximate surface area is 171 Å².